The maximum absolute atomic E-state index is 14.4. The van der Waals surface area contributed by atoms with Gasteiger partial charge in [0.05, 0.1) is 17.4 Å². The van der Waals surface area contributed by atoms with Gasteiger partial charge in [0.25, 0.3) is 5.91 Å². The van der Waals surface area contributed by atoms with E-state index < -0.39 is 11.7 Å². The van der Waals surface area contributed by atoms with Crippen LogP contribution in [0.2, 0.25) is 0 Å². The smallest absolute Gasteiger partial charge is 0.258 e. The molecule has 0 aliphatic carbocycles. The molecule has 1 aliphatic heterocycles. The Kier molecular flexibility index (Phi) is 4.68. The molecular formula is C22H18FN5O2. The van der Waals surface area contributed by atoms with Crippen LogP contribution in [0.4, 0.5) is 10.1 Å². The summed E-state index contributed by atoms with van der Waals surface area (Å²) in [5.74, 6) is -1.13. The highest BCUT2D eigenvalue weighted by Gasteiger charge is 2.18. The molecule has 0 unspecified atom stereocenters. The van der Waals surface area contributed by atoms with Crippen molar-refractivity contribution in [2.45, 2.75) is 18.9 Å². The predicted molar refractivity (Wildman–Crippen MR) is 109 cm³/mol. The molecule has 1 amide bonds. The summed E-state index contributed by atoms with van der Waals surface area (Å²) in [6, 6.07) is 15.3. The molecule has 1 atom stereocenters. The van der Waals surface area contributed by atoms with Crippen LogP contribution in [0.15, 0.2) is 54.6 Å². The van der Waals surface area contributed by atoms with E-state index in [0.29, 0.717) is 28.1 Å². The van der Waals surface area contributed by atoms with Gasteiger partial charge < -0.3 is 10.1 Å². The van der Waals surface area contributed by atoms with Gasteiger partial charge in [-0.05, 0) is 60.9 Å². The first kappa shape index (κ1) is 18.4. The lowest BCUT2D eigenvalue weighted by atomic mass is 10.1. The first-order valence-corrected chi connectivity index (χ1v) is 9.68. The highest BCUT2D eigenvalue weighted by Crippen LogP contribution is 2.29. The van der Waals surface area contributed by atoms with Gasteiger partial charge in [0.1, 0.15) is 11.3 Å². The number of fused-ring (bicyclic) bond motifs is 1. The summed E-state index contributed by atoms with van der Waals surface area (Å²) in [7, 11) is 0. The maximum atomic E-state index is 14.4. The van der Waals surface area contributed by atoms with Crippen LogP contribution in [0.5, 0.6) is 0 Å². The molecule has 30 heavy (non-hydrogen) atoms. The van der Waals surface area contributed by atoms with E-state index in [1.807, 2.05) is 12.1 Å². The van der Waals surface area contributed by atoms with Gasteiger partial charge in [-0.2, -0.15) is 10.3 Å². The third-order valence-corrected chi connectivity index (χ3v) is 5.16. The predicted octanol–water partition coefficient (Wildman–Crippen LogP) is 4.26. The number of hydrogen-bond acceptors (Lipinski definition) is 5. The van der Waals surface area contributed by atoms with E-state index in [9.17, 15) is 9.18 Å². The molecule has 0 saturated carbocycles. The van der Waals surface area contributed by atoms with E-state index in [0.717, 1.165) is 25.0 Å². The number of benzene rings is 2. The number of amides is 1. The van der Waals surface area contributed by atoms with E-state index in [1.165, 1.54) is 12.1 Å². The molecule has 0 radical (unpaired) electrons. The Labute approximate surface area is 171 Å². The van der Waals surface area contributed by atoms with Crippen LogP contribution in [-0.2, 0) is 4.74 Å². The number of aromatic amines is 1. The zero-order valence-electron chi connectivity index (χ0n) is 15.9. The van der Waals surface area contributed by atoms with Gasteiger partial charge in [-0.3, -0.25) is 4.79 Å². The Morgan fingerprint density at radius 2 is 1.97 bits per heavy atom. The fraction of sp³-hybridized carbons (Fsp3) is 0.182. The minimum Gasteiger partial charge on any atom is -0.374 e. The van der Waals surface area contributed by atoms with Crippen LogP contribution in [-0.4, -0.2) is 32.9 Å². The Balaban J connectivity index is 1.37. The van der Waals surface area contributed by atoms with Gasteiger partial charge in [-0.25, -0.2) is 9.37 Å². The molecule has 2 aromatic heterocycles. The standard InChI is InChI=1S/C22H18FN5O2/c23-17-8-5-14(18-9-10-19-21(25-18)27-28-26-19)12-16(17)22(29)24-15-6-3-13(4-7-15)20-2-1-11-30-20/h3-10,12,20H,1-2,11H2,(H,24,29)(H,25,26,27,28)/t20-/m1/s1. The quantitative estimate of drug-likeness (QED) is 0.531. The van der Waals surface area contributed by atoms with Crippen molar-refractivity contribution < 1.29 is 13.9 Å². The third-order valence-electron chi connectivity index (χ3n) is 5.16. The summed E-state index contributed by atoms with van der Waals surface area (Å²) in [6.07, 6.45) is 2.16. The first-order valence-electron chi connectivity index (χ1n) is 9.68. The molecule has 5 rings (SSSR count). The molecule has 4 aromatic rings. The van der Waals surface area contributed by atoms with Crippen molar-refractivity contribution in [3.63, 3.8) is 0 Å². The number of carbonyl (C=O) groups is 1. The van der Waals surface area contributed by atoms with Crippen molar-refractivity contribution in [1.82, 2.24) is 20.4 Å². The van der Waals surface area contributed by atoms with Crippen LogP contribution in [0.25, 0.3) is 22.4 Å². The van der Waals surface area contributed by atoms with Crippen LogP contribution >= 0.6 is 0 Å². The van der Waals surface area contributed by atoms with Gasteiger partial charge in [0, 0.05) is 17.9 Å². The second-order valence-corrected chi connectivity index (χ2v) is 7.14. The lowest BCUT2D eigenvalue weighted by molar-refractivity contribution is 0.102. The summed E-state index contributed by atoms with van der Waals surface area (Å²) < 4.78 is 20.1. The monoisotopic (exact) mass is 403 g/mol. The molecule has 150 valence electrons. The van der Waals surface area contributed by atoms with Crippen molar-refractivity contribution in [1.29, 1.82) is 0 Å². The van der Waals surface area contributed by atoms with E-state index in [-0.39, 0.29) is 11.7 Å². The van der Waals surface area contributed by atoms with Gasteiger partial charge in [0.15, 0.2) is 0 Å². The molecule has 7 nitrogen and oxygen atoms in total. The molecule has 0 spiro atoms. The van der Waals surface area contributed by atoms with Gasteiger partial charge >= 0.3 is 0 Å². The molecule has 1 aliphatic rings. The highest BCUT2D eigenvalue weighted by atomic mass is 19.1. The normalized spacial score (nSPS) is 16.1. The number of hydrogen-bond donors (Lipinski definition) is 2. The number of pyridine rings is 1. The third kappa shape index (κ3) is 3.53. The molecule has 2 aromatic carbocycles. The van der Waals surface area contributed by atoms with Crippen LogP contribution in [0.3, 0.4) is 0 Å². The summed E-state index contributed by atoms with van der Waals surface area (Å²) in [5, 5.41) is 13.2. The number of anilines is 1. The molecule has 1 fully saturated rings. The zero-order chi connectivity index (χ0) is 20.5. The first-order chi connectivity index (χ1) is 14.7. The average Bonchev–Trinajstić information content (AvgIpc) is 3.46. The van der Waals surface area contributed by atoms with E-state index in [1.54, 1.807) is 30.3 Å². The number of nitrogens with zero attached hydrogens (tertiary/aromatic N) is 3. The summed E-state index contributed by atoms with van der Waals surface area (Å²) in [5.41, 5.74) is 3.88. The Bertz CT molecular complexity index is 1220. The van der Waals surface area contributed by atoms with Gasteiger partial charge in [0.2, 0.25) is 5.65 Å². The van der Waals surface area contributed by atoms with Crippen molar-refractivity contribution in [3.8, 4) is 11.3 Å². The second kappa shape index (κ2) is 7.64. The minimum atomic E-state index is -0.602. The van der Waals surface area contributed by atoms with E-state index in [2.05, 4.69) is 25.7 Å². The highest BCUT2D eigenvalue weighted by molar-refractivity contribution is 6.05. The number of nitrogens with one attached hydrogen (secondary N) is 2. The van der Waals surface area contributed by atoms with Gasteiger partial charge in [-0.15, -0.1) is 5.10 Å². The second-order valence-electron chi connectivity index (χ2n) is 7.14. The molecule has 2 N–H and O–H groups in total. The van der Waals surface area contributed by atoms with Crippen LogP contribution < -0.4 is 5.32 Å². The van der Waals surface area contributed by atoms with E-state index >= 15 is 0 Å². The van der Waals surface area contributed by atoms with Crippen molar-refractivity contribution >= 4 is 22.8 Å². The Morgan fingerprint density at radius 1 is 1.10 bits per heavy atom. The molecule has 8 heteroatoms. The van der Waals surface area contributed by atoms with Crippen molar-refractivity contribution in [2.24, 2.45) is 0 Å². The number of carbonyl (C=O) groups excluding carboxylic acids is 1. The lowest BCUT2D eigenvalue weighted by Crippen LogP contribution is -2.14. The Morgan fingerprint density at radius 3 is 2.77 bits per heavy atom. The fourth-order valence-electron chi connectivity index (χ4n) is 3.58. The lowest BCUT2D eigenvalue weighted by Gasteiger charge is -2.11. The van der Waals surface area contributed by atoms with Crippen LogP contribution in [0.1, 0.15) is 34.9 Å². The number of halogens is 1. The summed E-state index contributed by atoms with van der Waals surface area (Å²) in [6.45, 7) is 0.775. The average molecular weight is 403 g/mol. The zero-order valence-corrected chi connectivity index (χ0v) is 15.9. The number of aromatic nitrogens is 4. The SMILES string of the molecule is O=C(Nc1ccc([C@H]2CCCO2)cc1)c1cc(-c2ccc3n[nH]nc3n2)ccc1F. The molecule has 3 heterocycles. The van der Waals surface area contributed by atoms with Crippen molar-refractivity contribution in [2.75, 3.05) is 11.9 Å². The van der Waals surface area contributed by atoms with Crippen LogP contribution in [0, 0.1) is 5.82 Å². The molecular weight excluding hydrogens is 385 g/mol. The maximum Gasteiger partial charge on any atom is 0.258 e. The Hall–Kier alpha value is -3.65. The van der Waals surface area contributed by atoms with Gasteiger partial charge in [-0.1, -0.05) is 12.1 Å². The number of rotatable bonds is 4. The fourth-order valence-corrected chi connectivity index (χ4v) is 3.58. The van der Waals surface area contributed by atoms with E-state index in [4.69, 9.17) is 4.74 Å². The summed E-state index contributed by atoms with van der Waals surface area (Å²) in [4.78, 5) is 17.1. The molecule has 1 saturated heterocycles. The topological polar surface area (TPSA) is 92.8 Å². The summed E-state index contributed by atoms with van der Waals surface area (Å²) >= 11 is 0. The number of ether oxygens (including phenoxy) is 1. The largest absolute Gasteiger partial charge is 0.374 e. The number of H-pyrrole nitrogens is 1. The van der Waals surface area contributed by atoms with Crippen molar-refractivity contribution in [3.05, 3.63) is 71.5 Å². The minimum absolute atomic E-state index is 0.0576. The molecule has 0 bridgehead atoms.